The molecule has 0 saturated heterocycles. The van der Waals surface area contributed by atoms with E-state index in [1.165, 1.54) is 12.0 Å². The molecule has 0 aliphatic carbocycles. The fraction of sp³-hybridized carbons (Fsp3) is 0.190. The molecule has 0 bridgehead atoms. The topological polar surface area (TPSA) is 67.1 Å². The summed E-state index contributed by atoms with van der Waals surface area (Å²) in [6, 6.07) is 18.4. The van der Waals surface area contributed by atoms with E-state index < -0.39 is 0 Å². The third-order valence-corrected chi connectivity index (χ3v) is 4.44. The number of para-hydroxylation sites is 1. The zero-order valence-corrected chi connectivity index (χ0v) is 15.2. The van der Waals surface area contributed by atoms with Gasteiger partial charge in [0.1, 0.15) is 5.82 Å². The molecular weight excluding hydrogens is 338 g/mol. The molecule has 27 heavy (non-hydrogen) atoms. The average molecular weight is 359 g/mol. The zero-order chi connectivity index (χ0) is 18.5. The van der Waals surface area contributed by atoms with Crippen molar-refractivity contribution in [1.29, 1.82) is 0 Å². The van der Waals surface area contributed by atoms with E-state index in [0.29, 0.717) is 17.7 Å². The highest BCUT2D eigenvalue weighted by Crippen LogP contribution is 2.26. The van der Waals surface area contributed by atoms with Crippen molar-refractivity contribution in [3.8, 4) is 0 Å². The molecule has 0 fully saturated rings. The maximum absolute atomic E-state index is 5.32. The first kappa shape index (κ1) is 17.0. The van der Waals surface area contributed by atoms with Crippen LogP contribution in [0.2, 0.25) is 0 Å². The molecule has 2 heterocycles. The average Bonchev–Trinajstić information content (AvgIpc) is 3.22. The molecule has 6 nitrogen and oxygen atoms in total. The lowest BCUT2D eigenvalue weighted by Crippen LogP contribution is -2.27. The van der Waals surface area contributed by atoms with Crippen LogP contribution in [0, 0.1) is 0 Å². The summed E-state index contributed by atoms with van der Waals surface area (Å²) < 4.78 is 5.32. The SMILES string of the molecule is CCN(CCc1ccccc1)c1nc(Nc2cnco2)c2ccccc2n1. The molecule has 0 radical (unpaired) electrons. The number of aromatic nitrogens is 3. The summed E-state index contributed by atoms with van der Waals surface area (Å²) in [5.74, 6) is 1.97. The van der Waals surface area contributed by atoms with Crippen LogP contribution in [0.25, 0.3) is 10.9 Å². The van der Waals surface area contributed by atoms with Crippen LogP contribution in [0.15, 0.2) is 71.6 Å². The summed E-state index contributed by atoms with van der Waals surface area (Å²) in [5, 5.41) is 4.15. The molecule has 0 spiro atoms. The molecule has 2 aromatic carbocycles. The van der Waals surface area contributed by atoms with Crippen molar-refractivity contribution in [3.63, 3.8) is 0 Å². The maximum atomic E-state index is 5.32. The Morgan fingerprint density at radius 1 is 1.00 bits per heavy atom. The van der Waals surface area contributed by atoms with E-state index in [9.17, 15) is 0 Å². The van der Waals surface area contributed by atoms with Gasteiger partial charge in [-0.05, 0) is 31.0 Å². The van der Waals surface area contributed by atoms with Crippen molar-refractivity contribution in [2.45, 2.75) is 13.3 Å². The molecular formula is C21H21N5O. The smallest absolute Gasteiger partial charge is 0.227 e. The van der Waals surface area contributed by atoms with Crippen LogP contribution < -0.4 is 10.2 Å². The predicted molar refractivity (Wildman–Crippen MR) is 107 cm³/mol. The first-order chi connectivity index (χ1) is 13.3. The number of hydrogen-bond acceptors (Lipinski definition) is 6. The van der Waals surface area contributed by atoms with E-state index in [0.717, 1.165) is 30.4 Å². The van der Waals surface area contributed by atoms with Crippen molar-refractivity contribution >= 4 is 28.6 Å². The number of anilines is 3. The Labute approximate surface area is 157 Å². The molecule has 0 atom stereocenters. The molecule has 0 saturated carbocycles. The molecule has 0 amide bonds. The normalized spacial score (nSPS) is 10.9. The van der Waals surface area contributed by atoms with Gasteiger partial charge in [-0.25, -0.2) is 9.97 Å². The molecule has 0 unspecified atom stereocenters. The minimum atomic E-state index is 0.553. The second-order valence-corrected chi connectivity index (χ2v) is 6.20. The summed E-state index contributed by atoms with van der Waals surface area (Å²) in [6.45, 7) is 3.79. The van der Waals surface area contributed by atoms with Gasteiger partial charge in [-0.15, -0.1) is 0 Å². The number of fused-ring (bicyclic) bond motifs is 1. The third-order valence-electron chi connectivity index (χ3n) is 4.44. The van der Waals surface area contributed by atoms with Crippen LogP contribution in [0.5, 0.6) is 0 Å². The van der Waals surface area contributed by atoms with Gasteiger partial charge in [0.25, 0.3) is 0 Å². The third kappa shape index (κ3) is 3.89. The van der Waals surface area contributed by atoms with Crippen LogP contribution in [-0.2, 0) is 6.42 Å². The first-order valence-electron chi connectivity index (χ1n) is 9.04. The lowest BCUT2D eigenvalue weighted by Gasteiger charge is -2.22. The fourth-order valence-corrected chi connectivity index (χ4v) is 3.00. The van der Waals surface area contributed by atoms with E-state index in [-0.39, 0.29) is 0 Å². The van der Waals surface area contributed by atoms with Gasteiger partial charge in [-0.1, -0.05) is 42.5 Å². The summed E-state index contributed by atoms with van der Waals surface area (Å²) >= 11 is 0. The Bertz CT molecular complexity index is 1000. The Kier molecular flexibility index (Phi) is 4.96. The van der Waals surface area contributed by atoms with Gasteiger partial charge in [0.15, 0.2) is 6.39 Å². The molecule has 0 aliphatic rings. The van der Waals surface area contributed by atoms with Crippen molar-refractivity contribution in [3.05, 3.63) is 72.8 Å². The number of hydrogen-bond donors (Lipinski definition) is 1. The van der Waals surface area contributed by atoms with E-state index in [2.05, 4.69) is 46.4 Å². The monoisotopic (exact) mass is 359 g/mol. The molecule has 136 valence electrons. The maximum Gasteiger partial charge on any atom is 0.227 e. The highest BCUT2D eigenvalue weighted by molar-refractivity contribution is 5.91. The van der Waals surface area contributed by atoms with Crippen LogP contribution in [0.1, 0.15) is 12.5 Å². The van der Waals surface area contributed by atoms with Crippen molar-refractivity contribution < 1.29 is 4.42 Å². The van der Waals surface area contributed by atoms with Gasteiger partial charge in [-0.2, -0.15) is 4.98 Å². The van der Waals surface area contributed by atoms with Crippen LogP contribution in [-0.4, -0.2) is 28.0 Å². The van der Waals surface area contributed by atoms with E-state index in [4.69, 9.17) is 14.4 Å². The number of likely N-dealkylation sites (N-methyl/N-ethyl adjacent to an activating group) is 1. The van der Waals surface area contributed by atoms with Gasteiger partial charge in [0.05, 0.1) is 11.7 Å². The summed E-state index contributed by atoms with van der Waals surface area (Å²) in [7, 11) is 0. The summed E-state index contributed by atoms with van der Waals surface area (Å²) in [6.07, 6.45) is 3.96. The second kappa shape index (κ2) is 7.86. The molecule has 0 aliphatic heterocycles. The molecule has 1 N–H and O–H groups in total. The lowest BCUT2D eigenvalue weighted by atomic mass is 10.1. The Hall–Kier alpha value is -3.41. The van der Waals surface area contributed by atoms with Crippen LogP contribution >= 0.6 is 0 Å². The van der Waals surface area contributed by atoms with Crippen LogP contribution in [0.3, 0.4) is 0 Å². The predicted octanol–water partition coefficient (Wildman–Crippen LogP) is 4.43. The number of rotatable bonds is 7. The molecule has 4 rings (SSSR count). The van der Waals surface area contributed by atoms with Crippen molar-refractivity contribution in [2.24, 2.45) is 0 Å². The number of nitrogens with one attached hydrogen (secondary N) is 1. The van der Waals surface area contributed by atoms with Crippen molar-refractivity contribution in [1.82, 2.24) is 15.0 Å². The minimum absolute atomic E-state index is 0.553. The van der Waals surface area contributed by atoms with Gasteiger partial charge in [-0.3, -0.25) is 0 Å². The highest BCUT2D eigenvalue weighted by atomic mass is 16.4. The summed E-state index contributed by atoms with van der Waals surface area (Å²) in [5.41, 5.74) is 2.19. The number of benzene rings is 2. The largest absolute Gasteiger partial charge is 0.428 e. The van der Waals surface area contributed by atoms with E-state index >= 15 is 0 Å². The fourth-order valence-electron chi connectivity index (χ4n) is 3.00. The van der Waals surface area contributed by atoms with Crippen molar-refractivity contribution in [2.75, 3.05) is 23.3 Å². The standard InChI is InChI=1S/C21H21N5O/c1-2-26(13-12-16-8-4-3-5-9-16)21-23-18-11-7-6-10-17(18)20(25-21)24-19-14-22-15-27-19/h3-11,14-15H,2,12-13H2,1H3,(H,23,24,25). The highest BCUT2D eigenvalue weighted by Gasteiger charge is 2.13. The van der Waals surface area contributed by atoms with E-state index in [1.54, 1.807) is 6.20 Å². The number of oxazole rings is 1. The Balaban J connectivity index is 1.65. The molecule has 4 aromatic rings. The zero-order valence-electron chi connectivity index (χ0n) is 15.2. The van der Waals surface area contributed by atoms with Gasteiger partial charge < -0.3 is 14.6 Å². The Morgan fingerprint density at radius 3 is 2.59 bits per heavy atom. The second-order valence-electron chi connectivity index (χ2n) is 6.20. The van der Waals surface area contributed by atoms with Gasteiger partial charge in [0.2, 0.25) is 11.8 Å². The minimum Gasteiger partial charge on any atom is -0.428 e. The van der Waals surface area contributed by atoms with E-state index in [1.807, 2.05) is 30.3 Å². The van der Waals surface area contributed by atoms with Gasteiger partial charge in [0, 0.05) is 18.5 Å². The van der Waals surface area contributed by atoms with Crippen LogP contribution in [0.4, 0.5) is 17.7 Å². The molecule has 2 aromatic heterocycles. The Morgan fingerprint density at radius 2 is 1.81 bits per heavy atom. The first-order valence-corrected chi connectivity index (χ1v) is 9.04. The number of nitrogens with zero attached hydrogens (tertiary/aromatic N) is 4. The lowest BCUT2D eigenvalue weighted by molar-refractivity contribution is 0.574. The quantitative estimate of drug-likeness (QED) is 0.526. The summed E-state index contributed by atoms with van der Waals surface area (Å²) in [4.78, 5) is 15.7. The van der Waals surface area contributed by atoms with Gasteiger partial charge >= 0.3 is 0 Å². The molecule has 6 heteroatoms.